The minimum Gasteiger partial charge on any atom is -0.382 e. The Bertz CT molecular complexity index is 896. The maximum Gasteiger partial charge on any atom is 0.241 e. The molecule has 0 aliphatic carbocycles. The summed E-state index contributed by atoms with van der Waals surface area (Å²) in [6.07, 6.45) is 3.55. The molecule has 5 heteroatoms. The second kappa shape index (κ2) is 5.54. The first-order chi connectivity index (χ1) is 12.7. The molecule has 0 aromatic heterocycles. The molecule has 26 heavy (non-hydrogen) atoms. The van der Waals surface area contributed by atoms with Crippen LogP contribution in [-0.4, -0.2) is 30.1 Å². The van der Waals surface area contributed by atoms with Crippen molar-refractivity contribution in [2.45, 2.75) is 11.7 Å². The highest BCUT2D eigenvalue weighted by Crippen LogP contribution is 2.52. The third kappa shape index (κ3) is 2.07. The minimum absolute atomic E-state index is 0.165. The molecule has 5 nitrogen and oxygen atoms in total. The number of nitrogens with zero attached hydrogens (tertiary/aromatic N) is 1. The van der Waals surface area contributed by atoms with Crippen molar-refractivity contribution in [1.29, 1.82) is 0 Å². The number of fused-ring (bicyclic) bond motifs is 5. The van der Waals surface area contributed by atoms with Gasteiger partial charge >= 0.3 is 0 Å². The molecule has 3 aliphatic heterocycles. The summed E-state index contributed by atoms with van der Waals surface area (Å²) in [7, 11) is 0. The van der Waals surface area contributed by atoms with Crippen LogP contribution in [0, 0.1) is 11.8 Å². The predicted octanol–water partition coefficient (Wildman–Crippen LogP) is 2.61. The smallest absolute Gasteiger partial charge is 0.241 e. The molecule has 2 aromatic rings. The SMILES string of the molecule is O=C1[C@@H]2[C@@H]3C=C[C@@](CNc4ccccc4)(O3)[C@@H]2C(=O)N1c1ccccc1. The highest BCUT2D eigenvalue weighted by molar-refractivity contribution is 6.23. The van der Waals surface area contributed by atoms with Gasteiger partial charge in [-0.05, 0) is 24.3 Å². The van der Waals surface area contributed by atoms with E-state index < -0.39 is 17.4 Å². The van der Waals surface area contributed by atoms with E-state index in [1.165, 1.54) is 4.90 Å². The maximum absolute atomic E-state index is 13.2. The molecular weight excluding hydrogens is 328 g/mol. The fourth-order valence-electron chi connectivity index (χ4n) is 4.33. The van der Waals surface area contributed by atoms with Crippen LogP contribution < -0.4 is 10.2 Å². The van der Waals surface area contributed by atoms with E-state index in [1.807, 2.05) is 60.7 Å². The molecular formula is C21H18N2O3. The van der Waals surface area contributed by atoms with Crippen LogP contribution in [0.3, 0.4) is 0 Å². The zero-order valence-corrected chi connectivity index (χ0v) is 14.0. The zero-order valence-electron chi connectivity index (χ0n) is 14.0. The van der Waals surface area contributed by atoms with Crippen LogP contribution in [0.15, 0.2) is 72.8 Å². The molecule has 0 spiro atoms. The lowest BCUT2D eigenvalue weighted by atomic mass is 9.77. The summed E-state index contributed by atoms with van der Waals surface area (Å²) < 4.78 is 6.13. The summed E-state index contributed by atoms with van der Waals surface area (Å²) in [5, 5.41) is 3.35. The Morgan fingerprint density at radius 3 is 2.38 bits per heavy atom. The lowest BCUT2D eigenvalue weighted by Crippen LogP contribution is -2.45. The molecule has 5 rings (SSSR count). The number of hydrogen-bond donors (Lipinski definition) is 1. The topological polar surface area (TPSA) is 58.6 Å². The third-order valence-electron chi connectivity index (χ3n) is 5.51. The lowest BCUT2D eigenvalue weighted by Gasteiger charge is -2.29. The lowest BCUT2D eigenvalue weighted by molar-refractivity contribution is -0.126. The number of rotatable bonds is 4. The second-order valence-corrected chi connectivity index (χ2v) is 6.97. The third-order valence-corrected chi connectivity index (χ3v) is 5.51. The number of carbonyl (C=O) groups excluding carboxylic acids is 2. The van der Waals surface area contributed by atoms with E-state index in [-0.39, 0.29) is 17.9 Å². The van der Waals surface area contributed by atoms with Crippen molar-refractivity contribution in [3.63, 3.8) is 0 Å². The summed E-state index contributed by atoms with van der Waals surface area (Å²) in [4.78, 5) is 27.5. The minimum atomic E-state index is -0.776. The first kappa shape index (κ1) is 15.3. The predicted molar refractivity (Wildman–Crippen MR) is 97.6 cm³/mol. The van der Waals surface area contributed by atoms with E-state index in [4.69, 9.17) is 4.74 Å². The summed E-state index contributed by atoms with van der Waals surface area (Å²) in [5.41, 5.74) is 0.812. The van der Waals surface area contributed by atoms with E-state index in [9.17, 15) is 9.59 Å². The highest BCUT2D eigenvalue weighted by Gasteiger charge is 2.67. The van der Waals surface area contributed by atoms with Crippen LogP contribution in [-0.2, 0) is 14.3 Å². The molecule has 1 N–H and O–H groups in total. The van der Waals surface area contributed by atoms with Gasteiger partial charge in [0, 0.05) is 12.2 Å². The van der Waals surface area contributed by atoms with Crippen molar-refractivity contribution >= 4 is 23.2 Å². The Balaban J connectivity index is 1.46. The van der Waals surface area contributed by atoms with Crippen molar-refractivity contribution in [3.8, 4) is 0 Å². The number of imide groups is 1. The Morgan fingerprint density at radius 2 is 1.65 bits per heavy atom. The average molecular weight is 346 g/mol. The van der Waals surface area contributed by atoms with Gasteiger partial charge < -0.3 is 10.1 Å². The van der Waals surface area contributed by atoms with E-state index in [1.54, 1.807) is 12.1 Å². The fourth-order valence-corrected chi connectivity index (χ4v) is 4.33. The monoisotopic (exact) mass is 346 g/mol. The van der Waals surface area contributed by atoms with Gasteiger partial charge in [0.25, 0.3) is 0 Å². The van der Waals surface area contributed by atoms with Crippen LogP contribution in [0.4, 0.5) is 11.4 Å². The van der Waals surface area contributed by atoms with E-state index in [2.05, 4.69) is 5.32 Å². The number of ether oxygens (including phenoxy) is 1. The highest BCUT2D eigenvalue weighted by atomic mass is 16.5. The Morgan fingerprint density at radius 1 is 0.962 bits per heavy atom. The van der Waals surface area contributed by atoms with Gasteiger partial charge in [-0.3, -0.25) is 9.59 Å². The van der Waals surface area contributed by atoms with Crippen LogP contribution in [0.25, 0.3) is 0 Å². The number of carbonyl (C=O) groups is 2. The summed E-state index contributed by atoms with van der Waals surface area (Å²) in [5.74, 6) is -1.26. The maximum atomic E-state index is 13.2. The molecule has 2 bridgehead atoms. The summed E-state index contributed by atoms with van der Waals surface area (Å²) in [6, 6.07) is 18.9. The largest absolute Gasteiger partial charge is 0.382 e. The molecule has 3 aliphatic rings. The van der Waals surface area contributed by atoms with E-state index in [0.29, 0.717) is 12.2 Å². The molecule has 2 amide bonds. The van der Waals surface area contributed by atoms with Crippen LogP contribution in [0.1, 0.15) is 0 Å². The van der Waals surface area contributed by atoms with Crippen molar-refractivity contribution in [1.82, 2.24) is 0 Å². The van der Waals surface area contributed by atoms with Crippen LogP contribution >= 0.6 is 0 Å². The molecule has 0 radical (unpaired) electrons. The molecule has 130 valence electrons. The number of para-hydroxylation sites is 2. The quantitative estimate of drug-likeness (QED) is 0.683. The fraction of sp³-hybridized carbons (Fsp3) is 0.238. The van der Waals surface area contributed by atoms with Crippen LogP contribution in [0.5, 0.6) is 0 Å². The number of nitrogens with one attached hydrogen (secondary N) is 1. The second-order valence-electron chi connectivity index (χ2n) is 6.97. The first-order valence-corrected chi connectivity index (χ1v) is 8.79. The Labute approximate surface area is 151 Å². The van der Waals surface area contributed by atoms with Crippen molar-refractivity contribution in [2.75, 3.05) is 16.8 Å². The van der Waals surface area contributed by atoms with Gasteiger partial charge in [-0.1, -0.05) is 48.6 Å². The number of hydrogen-bond acceptors (Lipinski definition) is 4. The van der Waals surface area contributed by atoms with Gasteiger partial charge in [-0.15, -0.1) is 0 Å². The standard InChI is InChI=1S/C21H18N2O3/c24-19-17-16-11-12-21(26-16,13-22-14-7-3-1-4-8-14)18(17)20(25)23(19)15-9-5-2-6-10-15/h1-12,16-18,22H,13H2/t16-,17+,18-,21-/m0/s1. The molecule has 0 unspecified atom stereocenters. The van der Waals surface area contributed by atoms with Crippen molar-refractivity contribution < 1.29 is 14.3 Å². The number of amides is 2. The van der Waals surface area contributed by atoms with E-state index >= 15 is 0 Å². The molecule has 2 fully saturated rings. The van der Waals surface area contributed by atoms with Gasteiger partial charge in [0.05, 0.1) is 23.6 Å². The molecule has 4 atom stereocenters. The van der Waals surface area contributed by atoms with Crippen molar-refractivity contribution in [3.05, 3.63) is 72.8 Å². The normalized spacial score (nSPS) is 31.5. The van der Waals surface area contributed by atoms with Crippen LogP contribution in [0.2, 0.25) is 0 Å². The average Bonchev–Trinajstić information content (AvgIpc) is 3.32. The van der Waals surface area contributed by atoms with E-state index in [0.717, 1.165) is 5.69 Å². The van der Waals surface area contributed by atoms with Crippen molar-refractivity contribution in [2.24, 2.45) is 11.8 Å². The molecule has 3 heterocycles. The number of benzene rings is 2. The van der Waals surface area contributed by atoms with Gasteiger partial charge in [0.2, 0.25) is 11.8 Å². The summed E-state index contributed by atoms with van der Waals surface area (Å²) in [6.45, 7) is 0.451. The van der Waals surface area contributed by atoms with Gasteiger partial charge in [-0.25, -0.2) is 4.90 Å². The van der Waals surface area contributed by atoms with Gasteiger partial charge in [0.1, 0.15) is 5.60 Å². The molecule has 0 saturated carbocycles. The van der Waals surface area contributed by atoms with Gasteiger partial charge in [0.15, 0.2) is 0 Å². The van der Waals surface area contributed by atoms with Gasteiger partial charge in [-0.2, -0.15) is 0 Å². The zero-order chi connectivity index (χ0) is 17.7. The summed E-state index contributed by atoms with van der Waals surface area (Å²) >= 11 is 0. The Hall–Kier alpha value is -2.92. The molecule has 2 aromatic carbocycles. The first-order valence-electron chi connectivity index (χ1n) is 8.79. The Kier molecular flexibility index (Phi) is 3.27. The number of anilines is 2. The molecule has 2 saturated heterocycles.